The second kappa shape index (κ2) is 4.41. The minimum absolute atomic E-state index is 0.292. The van der Waals surface area contributed by atoms with Crippen LogP contribution in [0.1, 0.15) is 57.3 Å². The molecule has 0 aliphatic heterocycles. The molecule has 1 aliphatic rings. The number of rotatable bonds is 2. The summed E-state index contributed by atoms with van der Waals surface area (Å²) in [5, 5.41) is 0. The second-order valence-corrected chi connectivity index (χ2v) is 2.70. The number of benzene rings is 1. The molecule has 0 spiro atoms. The van der Waals surface area contributed by atoms with Crippen molar-refractivity contribution in [2.45, 2.75) is 31.9 Å². The third-order valence-electron chi connectivity index (χ3n) is 1.76. The van der Waals surface area contributed by atoms with E-state index in [1.54, 1.807) is 0 Å². The quantitative estimate of drug-likeness (QED) is 0.667. The summed E-state index contributed by atoms with van der Waals surface area (Å²) in [4.78, 5) is 12.8. The Kier molecular flexibility index (Phi) is 0.926. The van der Waals surface area contributed by atoms with Gasteiger partial charge in [0.25, 0.3) is 0 Å². The van der Waals surface area contributed by atoms with Gasteiger partial charge < -0.3 is 0 Å². The lowest BCUT2D eigenvalue weighted by Gasteiger charge is -2.20. The highest BCUT2D eigenvalue weighted by atomic mass is 16.1. The Balaban J connectivity index is 2.85. The highest BCUT2D eigenvalue weighted by Gasteiger charge is 2.21. The number of carbonyl (C=O) groups is 1. The van der Waals surface area contributed by atoms with E-state index >= 15 is 0 Å². The maximum Gasteiger partial charge on any atom is 0.165 e. The van der Waals surface area contributed by atoms with Crippen molar-refractivity contribution in [3.8, 4) is 0 Å². The maximum absolute atomic E-state index is 12.8. The van der Waals surface area contributed by atoms with Crippen LogP contribution in [0.5, 0.6) is 0 Å². The molecule has 0 unspecified atom stereocenters. The van der Waals surface area contributed by atoms with Crippen molar-refractivity contribution in [1.82, 2.24) is 0 Å². The SMILES string of the molecule is [2H]C1([2H])C([2H])([2H])C([2H])([2H])C([2H])(C(=O)c2ccccc2)C([2H])([2H])C1([2H])[2H]. The van der Waals surface area contributed by atoms with Crippen molar-refractivity contribution < 1.29 is 19.9 Å². The molecule has 0 bridgehead atoms. The summed E-state index contributed by atoms with van der Waals surface area (Å²) in [5.41, 5.74) is -0.292. The lowest BCUT2D eigenvalue weighted by molar-refractivity contribution is 0.0889. The largest absolute Gasteiger partial charge is 0.294 e. The standard InChI is InChI=1S/C13H16O/c14-13(11-7-3-1-4-8-11)12-9-5-2-6-10-12/h1,3-4,7-8,12H,2,5-6,9-10H2/i2D2,5D2,6D2,9D2,10D2,12D. The minimum Gasteiger partial charge on any atom is -0.294 e. The minimum atomic E-state index is -3.66. The van der Waals surface area contributed by atoms with E-state index in [4.69, 9.17) is 15.1 Å². The zero-order valence-corrected chi connectivity index (χ0v) is 7.29. The van der Waals surface area contributed by atoms with Crippen LogP contribution >= 0.6 is 0 Å². The predicted molar refractivity (Wildman–Crippen MR) is 57.3 cm³/mol. The second-order valence-electron chi connectivity index (χ2n) is 2.70. The highest BCUT2D eigenvalue weighted by molar-refractivity contribution is 5.97. The lowest BCUT2D eigenvalue weighted by atomic mass is 9.84. The molecule has 1 saturated carbocycles. The smallest absolute Gasteiger partial charge is 0.165 e. The van der Waals surface area contributed by atoms with Gasteiger partial charge in [0.1, 0.15) is 0 Å². The normalized spacial score (nSPS) is 49.9. The van der Waals surface area contributed by atoms with E-state index in [1.807, 2.05) is 0 Å². The van der Waals surface area contributed by atoms with Gasteiger partial charge in [0.05, 0.1) is 0 Å². The third kappa shape index (κ3) is 2.03. The zero-order valence-electron chi connectivity index (χ0n) is 18.3. The van der Waals surface area contributed by atoms with Crippen LogP contribution in [0.2, 0.25) is 0 Å². The Labute approximate surface area is 101 Å². The molecule has 0 amide bonds. The highest BCUT2D eigenvalue weighted by Crippen LogP contribution is 2.26. The Hall–Kier alpha value is -1.11. The lowest BCUT2D eigenvalue weighted by Crippen LogP contribution is -2.17. The van der Waals surface area contributed by atoms with Crippen molar-refractivity contribution in [3.05, 3.63) is 35.9 Å². The molecule has 1 heteroatoms. The molecule has 0 atom stereocenters. The first-order chi connectivity index (χ1) is 11.0. The Morgan fingerprint density at radius 1 is 1.21 bits per heavy atom. The van der Waals surface area contributed by atoms with Gasteiger partial charge in [0.15, 0.2) is 5.78 Å². The molecule has 1 aromatic rings. The first kappa shape index (κ1) is 2.94. The summed E-state index contributed by atoms with van der Waals surface area (Å²) in [6.45, 7) is 0. The number of hydrogen-bond acceptors (Lipinski definition) is 1. The Morgan fingerprint density at radius 3 is 2.50 bits per heavy atom. The first-order valence-electron chi connectivity index (χ1n) is 9.61. The van der Waals surface area contributed by atoms with E-state index in [-0.39, 0.29) is 5.56 Å². The monoisotopic (exact) mass is 199 g/mol. The third-order valence-corrected chi connectivity index (χ3v) is 1.76. The van der Waals surface area contributed by atoms with Crippen LogP contribution < -0.4 is 0 Å². The fraction of sp³-hybridized carbons (Fsp3) is 0.462. The van der Waals surface area contributed by atoms with Crippen LogP contribution in [0.4, 0.5) is 0 Å². The number of Topliss-reactive ketones (excluding diaryl/α,β-unsaturated/α-hetero) is 1. The van der Waals surface area contributed by atoms with Crippen molar-refractivity contribution in [3.63, 3.8) is 0 Å². The fourth-order valence-corrected chi connectivity index (χ4v) is 1.10. The molecule has 0 saturated heterocycles. The summed E-state index contributed by atoms with van der Waals surface area (Å²) >= 11 is 0. The van der Waals surface area contributed by atoms with Gasteiger partial charge in [-0.05, 0) is 12.7 Å². The summed E-state index contributed by atoms with van der Waals surface area (Å²) in [6, 6.07) is 6.65. The summed E-state index contributed by atoms with van der Waals surface area (Å²) in [6.07, 6.45) is -18.3. The predicted octanol–water partition coefficient (Wildman–Crippen LogP) is 3.45. The molecular weight excluding hydrogens is 172 g/mol. The molecule has 0 radical (unpaired) electrons. The zero-order chi connectivity index (χ0) is 19.7. The first-order valence-corrected chi connectivity index (χ1v) is 4.11. The molecule has 0 heterocycles. The number of ketones is 1. The molecule has 2 rings (SSSR count). The van der Waals surface area contributed by atoms with E-state index in [9.17, 15) is 4.79 Å². The van der Waals surface area contributed by atoms with Gasteiger partial charge in [-0.15, -0.1) is 0 Å². The maximum atomic E-state index is 12.8. The molecule has 1 aromatic carbocycles. The van der Waals surface area contributed by atoms with Gasteiger partial charge in [-0.25, -0.2) is 0 Å². The van der Waals surface area contributed by atoms with Gasteiger partial charge >= 0.3 is 0 Å². The van der Waals surface area contributed by atoms with E-state index < -0.39 is 43.5 Å². The van der Waals surface area contributed by atoms with Crippen LogP contribution in [0.15, 0.2) is 30.3 Å². The summed E-state index contributed by atoms with van der Waals surface area (Å²) in [5.74, 6) is -5.01. The fourth-order valence-electron chi connectivity index (χ4n) is 1.10. The van der Waals surface area contributed by atoms with Crippen LogP contribution in [0.25, 0.3) is 0 Å². The van der Waals surface area contributed by atoms with Crippen molar-refractivity contribution in [2.75, 3.05) is 0 Å². The van der Waals surface area contributed by atoms with Crippen LogP contribution in [0, 0.1) is 5.89 Å². The van der Waals surface area contributed by atoms with Gasteiger partial charge in [0.2, 0.25) is 0 Å². The van der Waals surface area contributed by atoms with Gasteiger partial charge in [-0.2, -0.15) is 0 Å². The van der Waals surface area contributed by atoms with Crippen molar-refractivity contribution in [2.24, 2.45) is 5.89 Å². The van der Waals surface area contributed by atoms with Gasteiger partial charge in [-0.1, -0.05) is 49.5 Å². The molecule has 14 heavy (non-hydrogen) atoms. The summed E-state index contributed by atoms with van der Waals surface area (Å²) < 4.78 is 86.9. The van der Waals surface area contributed by atoms with Crippen LogP contribution in [-0.4, -0.2) is 5.78 Å². The molecule has 0 aromatic heterocycles. The van der Waals surface area contributed by atoms with Gasteiger partial charge in [-0.3, -0.25) is 4.79 Å². The average molecular weight is 199 g/mol. The molecule has 0 N–H and O–H groups in total. The number of carbonyl (C=O) groups excluding carboxylic acids is 1. The van der Waals surface area contributed by atoms with E-state index in [0.717, 1.165) is 0 Å². The van der Waals surface area contributed by atoms with E-state index in [0.29, 0.717) is 0 Å². The molecule has 1 aliphatic carbocycles. The number of hydrogen-bond donors (Lipinski definition) is 0. The molecule has 1 fully saturated rings. The topological polar surface area (TPSA) is 17.1 Å². The van der Waals surface area contributed by atoms with E-state index in [2.05, 4.69) is 0 Å². The van der Waals surface area contributed by atoms with Crippen LogP contribution in [0.3, 0.4) is 0 Å². The van der Waals surface area contributed by atoms with Crippen LogP contribution in [-0.2, 0) is 0 Å². The molecule has 1 nitrogen and oxygen atoms in total. The van der Waals surface area contributed by atoms with Crippen molar-refractivity contribution in [1.29, 1.82) is 0 Å². The van der Waals surface area contributed by atoms with E-state index in [1.165, 1.54) is 30.3 Å². The summed E-state index contributed by atoms with van der Waals surface area (Å²) in [7, 11) is 0. The van der Waals surface area contributed by atoms with Gasteiger partial charge in [0, 0.05) is 26.5 Å². The molecule has 74 valence electrons. The average Bonchev–Trinajstić information content (AvgIpc) is 2.52. The Bertz CT molecular complexity index is 665. The Morgan fingerprint density at radius 2 is 1.86 bits per heavy atom. The van der Waals surface area contributed by atoms with Crippen molar-refractivity contribution >= 4 is 5.78 Å². The molecular formula is C13H16O.